The molecule has 0 atom stereocenters. The van der Waals surface area contributed by atoms with Crippen molar-refractivity contribution in [2.75, 3.05) is 13.2 Å². The Morgan fingerprint density at radius 1 is 1.21 bits per heavy atom. The van der Waals surface area contributed by atoms with E-state index in [2.05, 4.69) is 18.7 Å². The number of thiophene rings is 1. The molecule has 0 unspecified atom stereocenters. The molecule has 28 heavy (non-hydrogen) atoms. The van der Waals surface area contributed by atoms with Gasteiger partial charge in [-0.3, -0.25) is 14.7 Å². The number of ketones is 1. The standard InChI is InChI=1S/C22H22N2O3S/c1-14(2)24-10-9-18-16(12-24)21(15-6-3-4-7-17(15)23-18)22(26)27-13-19(25)20-8-5-11-28-20/h3-8,11,14H,9-10,12-13H2,1-2H3. The fourth-order valence-electron chi connectivity index (χ4n) is 3.60. The van der Waals surface area contributed by atoms with E-state index in [4.69, 9.17) is 9.72 Å². The average Bonchev–Trinajstić information content (AvgIpc) is 3.24. The van der Waals surface area contributed by atoms with Gasteiger partial charge < -0.3 is 4.74 Å². The molecule has 0 bridgehead atoms. The van der Waals surface area contributed by atoms with Crippen LogP contribution in [-0.4, -0.2) is 40.8 Å². The van der Waals surface area contributed by atoms with Crippen LogP contribution in [0, 0.1) is 0 Å². The number of aromatic nitrogens is 1. The van der Waals surface area contributed by atoms with Crippen molar-refractivity contribution in [1.29, 1.82) is 0 Å². The second kappa shape index (κ2) is 7.81. The van der Waals surface area contributed by atoms with Crippen molar-refractivity contribution in [3.8, 4) is 0 Å². The molecule has 0 amide bonds. The molecule has 1 aliphatic rings. The van der Waals surface area contributed by atoms with Crippen LogP contribution in [0.15, 0.2) is 41.8 Å². The summed E-state index contributed by atoms with van der Waals surface area (Å²) in [5, 5.41) is 2.61. The molecule has 4 rings (SSSR count). The highest BCUT2D eigenvalue weighted by Crippen LogP contribution is 2.29. The number of carbonyl (C=O) groups excluding carboxylic acids is 2. The van der Waals surface area contributed by atoms with E-state index in [0.29, 0.717) is 23.0 Å². The first-order valence-corrected chi connectivity index (χ1v) is 10.3. The Hall–Kier alpha value is -2.57. The summed E-state index contributed by atoms with van der Waals surface area (Å²) >= 11 is 1.35. The molecule has 5 nitrogen and oxygen atoms in total. The minimum atomic E-state index is -0.453. The minimum absolute atomic E-state index is 0.181. The van der Waals surface area contributed by atoms with Crippen molar-refractivity contribution in [3.05, 3.63) is 63.5 Å². The van der Waals surface area contributed by atoms with Crippen LogP contribution >= 0.6 is 11.3 Å². The number of rotatable bonds is 5. The minimum Gasteiger partial charge on any atom is -0.454 e. The molecule has 2 aromatic heterocycles. The van der Waals surface area contributed by atoms with Crippen LogP contribution in [0.4, 0.5) is 0 Å². The summed E-state index contributed by atoms with van der Waals surface area (Å²) in [6.07, 6.45) is 0.798. The molecular weight excluding hydrogens is 372 g/mol. The van der Waals surface area contributed by atoms with Crippen molar-refractivity contribution >= 4 is 34.0 Å². The summed E-state index contributed by atoms with van der Waals surface area (Å²) in [6.45, 7) is 5.63. The van der Waals surface area contributed by atoms with Crippen LogP contribution in [0.25, 0.3) is 10.9 Å². The van der Waals surface area contributed by atoms with Crippen LogP contribution in [0.1, 0.15) is 45.1 Å². The number of esters is 1. The summed E-state index contributed by atoms with van der Waals surface area (Å²) in [6, 6.07) is 11.6. The maximum absolute atomic E-state index is 13.1. The Kier molecular flexibility index (Phi) is 5.24. The van der Waals surface area contributed by atoms with Crippen LogP contribution in [0.2, 0.25) is 0 Å². The van der Waals surface area contributed by atoms with E-state index in [1.165, 1.54) is 11.3 Å². The molecule has 0 saturated carbocycles. The lowest BCUT2D eigenvalue weighted by Crippen LogP contribution is -2.37. The van der Waals surface area contributed by atoms with E-state index < -0.39 is 5.97 Å². The summed E-state index contributed by atoms with van der Waals surface area (Å²) in [4.78, 5) is 33.0. The predicted octanol–water partition coefficient (Wildman–Crippen LogP) is 4.10. The summed E-state index contributed by atoms with van der Waals surface area (Å²) < 4.78 is 5.46. The highest BCUT2D eigenvalue weighted by molar-refractivity contribution is 7.12. The molecule has 1 aliphatic heterocycles. The number of Topliss-reactive ketones (excluding diaryl/α,β-unsaturated/α-hetero) is 1. The van der Waals surface area contributed by atoms with Crippen molar-refractivity contribution in [2.24, 2.45) is 0 Å². The van der Waals surface area contributed by atoms with Crippen molar-refractivity contribution in [3.63, 3.8) is 0 Å². The van der Waals surface area contributed by atoms with E-state index in [1.54, 1.807) is 6.07 Å². The predicted molar refractivity (Wildman–Crippen MR) is 110 cm³/mol. The first-order valence-electron chi connectivity index (χ1n) is 9.43. The second-order valence-electron chi connectivity index (χ2n) is 7.22. The van der Waals surface area contributed by atoms with Gasteiger partial charge in [-0.05, 0) is 31.4 Å². The number of pyridine rings is 1. The van der Waals surface area contributed by atoms with Gasteiger partial charge in [-0.1, -0.05) is 24.3 Å². The largest absolute Gasteiger partial charge is 0.454 e. The lowest BCUT2D eigenvalue weighted by molar-refractivity contribution is 0.0474. The molecule has 0 N–H and O–H groups in total. The summed E-state index contributed by atoms with van der Waals surface area (Å²) in [5.74, 6) is -0.634. The van der Waals surface area contributed by atoms with Crippen LogP contribution in [0.3, 0.4) is 0 Å². The quantitative estimate of drug-likeness (QED) is 0.482. The van der Waals surface area contributed by atoms with Gasteiger partial charge in [-0.2, -0.15) is 0 Å². The highest BCUT2D eigenvalue weighted by atomic mass is 32.1. The van der Waals surface area contributed by atoms with Crippen molar-refractivity contribution < 1.29 is 14.3 Å². The van der Waals surface area contributed by atoms with E-state index in [0.717, 1.165) is 35.1 Å². The van der Waals surface area contributed by atoms with Crippen LogP contribution in [0.5, 0.6) is 0 Å². The maximum atomic E-state index is 13.1. The topological polar surface area (TPSA) is 59.5 Å². The van der Waals surface area contributed by atoms with Gasteiger partial charge in [0.1, 0.15) is 0 Å². The van der Waals surface area contributed by atoms with Gasteiger partial charge >= 0.3 is 5.97 Å². The zero-order valence-electron chi connectivity index (χ0n) is 16.0. The van der Waals surface area contributed by atoms with Gasteiger partial charge in [0, 0.05) is 42.2 Å². The Balaban J connectivity index is 1.69. The second-order valence-corrected chi connectivity index (χ2v) is 8.17. The summed E-state index contributed by atoms with van der Waals surface area (Å²) in [5.41, 5.74) is 3.21. The highest BCUT2D eigenvalue weighted by Gasteiger charge is 2.28. The Labute approximate surface area is 168 Å². The third-order valence-corrected chi connectivity index (χ3v) is 6.05. The molecule has 0 aliphatic carbocycles. The van der Waals surface area contributed by atoms with Crippen molar-refractivity contribution in [2.45, 2.75) is 32.9 Å². The lowest BCUT2D eigenvalue weighted by atomic mass is 9.95. The van der Waals surface area contributed by atoms with E-state index in [-0.39, 0.29) is 12.4 Å². The third-order valence-electron chi connectivity index (χ3n) is 5.14. The molecule has 144 valence electrons. The van der Waals surface area contributed by atoms with Crippen molar-refractivity contribution in [1.82, 2.24) is 9.88 Å². The van der Waals surface area contributed by atoms with Gasteiger partial charge in [-0.25, -0.2) is 4.79 Å². The Bertz CT molecular complexity index is 1030. The molecule has 0 radical (unpaired) electrons. The third kappa shape index (κ3) is 3.57. The number of hydrogen-bond donors (Lipinski definition) is 0. The molecule has 0 fully saturated rings. The lowest BCUT2D eigenvalue weighted by Gasteiger charge is -2.32. The van der Waals surface area contributed by atoms with Crippen LogP contribution in [-0.2, 0) is 17.7 Å². The number of para-hydroxylation sites is 1. The smallest absolute Gasteiger partial charge is 0.339 e. The van der Waals surface area contributed by atoms with E-state index >= 15 is 0 Å². The average molecular weight is 394 g/mol. The number of hydrogen-bond acceptors (Lipinski definition) is 6. The van der Waals surface area contributed by atoms with Gasteiger partial charge in [0.05, 0.1) is 16.0 Å². The zero-order chi connectivity index (χ0) is 19.7. The molecule has 1 aromatic carbocycles. The zero-order valence-corrected chi connectivity index (χ0v) is 16.8. The molecule has 6 heteroatoms. The van der Waals surface area contributed by atoms with Gasteiger partial charge in [0.25, 0.3) is 0 Å². The fourth-order valence-corrected chi connectivity index (χ4v) is 4.25. The molecule has 0 spiro atoms. The first-order chi connectivity index (χ1) is 13.5. The number of carbonyl (C=O) groups is 2. The number of nitrogens with zero attached hydrogens (tertiary/aromatic N) is 2. The first kappa shape index (κ1) is 18.8. The van der Waals surface area contributed by atoms with Gasteiger partial charge in [-0.15, -0.1) is 11.3 Å². The normalized spacial score (nSPS) is 14.2. The number of ether oxygens (including phenoxy) is 1. The monoisotopic (exact) mass is 394 g/mol. The molecular formula is C22H22N2O3S. The van der Waals surface area contributed by atoms with E-state index in [9.17, 15) is 9.59 Å². The Morgan fingerprint density at radius 3 is 2.79 bits per heavy atom. The number of benzene rings is 1. The SMILES string of the molecule is CC(C)N1CCc2nc3ccccc3c(C(=O)OCC(=O)c3cccs3)c2C1. The van der Waals surface area contributed by atoms with Gasteiger partial charge in [0.2, 0.25) is 5.78 Å². The fraction of sp³-hybridized carbons (Fsp3) is 0.318. The van der Waals surface area contributed by atoms with Gasteiger partial charge in [0.15, 0.2) is 6.61 Å². The van der Waals surface area contributed by atoms with E-state index in [1.807, 2.05) is 35.7 Å². The summed E-state index contributed by atoms with van der Waals surface area (Å²) in [7, 11) is 0. The Morgan fingerprint density at radius 2 is 2.04 bits per heavy atom. The molecule has 3 heterocycles. The maximum Gasteiger partial charge on any atom is 0.339 e. The molecule has 0 saturated heterocycles. The molecule has 3 aromatic rings. The number of fused-ring (bicyclic) bond motifs is 2. The van der Waals surface area contributed by atoms with Crippen LogP contribution < -0.4 is 0 Å².